The molecular weight excluding hydrogens is 1630 g/mol. The number of aliphatic hydroxyl groups is 1. The topological polar surface area (TPSA) is 277 Å². The van der Waals surface area contributed by atoms with Crippen LogP contribution in [0.15, 0.2) is 194 Å². The van der Waals surface area contributed by atoms with Crippen molar-refractivity contribution in [1.82, 2.24) is 0 Å². The largest absolute Gasteiger partial charge is 0.491 e. The van der Waals surface area contributed by atoms with Gasteiger partial charge in [0.05, 0.1) is 95.0 Å². The molecule has 12 aliphatic rings. The summed E-state index contributed by atoms with van der Waals surface area (Å²) in [6.45, 7) is 25.3. The second-order valence-electron chi connectivity index (χ2n) is 37.8. The minimum atomic E-state index is -0.772. The zero-order valence-corrected chi connectivity index (χ0v) is 74.7. The molecule has 20 rings (SSSR count). The van der Waals surface area contributed by atoms with Gasteiger partial charge in [-0.05, 0) is 199 Å². The van der Waals surface area contributed by atoms with Crippen LogP contribution in [0.25, 0.3) is 0 Å². The Hall–Kier alpha value is -9.63. The maximum Gasteiger partial charge on any atom is 0.309 e. The van der Waals surface area contributed by atoms with Crippen molar-refractivity contribution in [2.24, 2.45) is 23.7 Å². The van der Waals surface area contributed by atoms with Gasteiger partial charge in [0.2, 0.25) is 0 Å². The maximum absolute atomic E-state index is 12.1. The molecule has 128 heavy (non-hydrogen) atoms. The van der Waals surface area contributed by atoms with E-state index in [1.807, 2.05) is 48.5 Å². The van der Waals surface area contributed by atoms with Crippen LogP contribution in [0.2, 0.25) is 0 Å². The lowest BCUT2D eigenvalue weighted by atomic mass is 9.70. The normalized spacial score (nSPS) is 26.3. The lowest BCUT2D eigenvalue weighted by Gasteiger charge is -2.33. The SMILES string of the molecule is CC(C)(c1ccc(OCC(O)COc2ccc(C(C)(C)c3ccc(OCC4CO4)cc3)cc2)cc1)c1ccc(OCC2CO2)cc1.CC(C)(c1ccc(OCC2CO2)cc1)c1ccc(C(C)(c2ccc(OCC3CO3)cc2)c2ccc(OCC3CO3)cc2)cc1.O=C(OCC1CCC2OC2C1)C1CCC2OC2C1.O=C(OCC1CO1)C1CCCCC1C(=O)OCC1CO1. The molecule has 15 atom stereocenters. The predicted molar refractivity (Wildman–Crippen MR) is 476 cm³/mol. The van der Waals surface area contributed by atoms with Gasteiger partial charge in [-0.3, -0.25) is 14.4 Å². The Morgan fingerprint density at radius 2 is 0.547 bits per heavy atom. The number of benzene rings is 8. The first kappa shape index (κ1) is 90.3. The van der Waals surface area contributed by atoms with Gasteiger partial charge in [-0.25, -0.2) is 0 Å². The number of fused-ring (bicyclic) bond motifs is 2. The number of hydrogen-bond acceptors (Lipinski definition) is 23. The average Bonchev–Trinajstić information content (AvgIpc) is 0.784. The van der Waals surface area contributed by atoms with Crippen molar-refractivity contribution in [3.8, 4) is 40.2 Å². The van der Waals surface area contributed by atoms with Crippen molar-refractivity contribution in [3.05, 3.63) is 244 Å². The third-order valence-corrected chi connectivity index (χ3v) is 26.9. The summed E-state index contributed by atoms with van der Waals surface area (Å²) in [6, 6.07) is 67.0. The molecule has 9 heterocycles. The van der Waals surface area contributed by atoms with Gasteiger partial charge in [-0.1, -0.05) is 164 Å². The van der Waals surface area contributed by atoms with Crippen LogP contribution >= 0.6 is 0 Å². The third kappa shape index (κ3) is 25.1. The zero-order chi connectivity index (χ0) is 88.4. The molecule has 0 amide bonds. The summed E-state index contributed by atoms with van der Waals surface area (Å²) in [5.74, 6) is 4.99. The smallest absolute Gasteiger partial charge is 0.309 e. The predicted octanol–water partition coefficient (Wildman–Crippen LogP) is 15.8. The fraction of sp³-hybridized carbons (Fsp3) is 0.514. The van der Waals surface area contributed by atoms with Crippen LogP contribution in [0.5, 0.6) is 40.2 Å². The minimum absolute atomic E-state index is 0.00258. The van der Waals surface area contributed by atoms with Gasteiger partial charge in [-0.15, -0.1) is 0 Å². The van der Waals surface area contributed by atoms with E-state index in [0.717, 1.165) is 113 Å². The number of carbonyl (C=O) groups is 3. The Bertz CT molecular complexity index is 4680. The van der Waals surface area contributed by atoms with E-state index in [2.05, 4.69) is 194 Å². The Labute approximate surface area is 751 Å². The lowest BCUT2D eigenvalue weighted by Crippen LogP contribution is -2.35. The van der Waals surface area contributed by atoms with Crippen LogP contribution in [0.3, 0.4) is 0 Å². The van der Waals surface area contributed by atoms with Crippen molar-refractivity contribution in [1.29, 1.82) is 0 Å². The van der Waals surface area contributed by atoms with E-state index in [1.54, 1.807) is 0 Å². The second kappa shape index (κ2) is 40.8. The van der Waals surface area contributed by atoms with Crippen molar-refractivity contribution in [3.63, 3.8) is 0 Å². The summed E-state index contributed by atoms with van der Waals surface area (Å²) < 4.78 is 104. The molecular formula is C105H124O23. The van der Waals surface area contributed by atoms with Crippen LogP contribution in [-0.2, 0) is 92.9 Å². The highest BCUT2D eigenvalue weighted by Gasteiger charge is 2.48. The molecule has 23 heteroatoms. The van der Waals surface area contributed by atoms with Crippen LogP contribution in [-0.4, -0.2) is 209 Å². The van der Waals surface area contributed by atoms with Gasteiger partial charge in [0.25, 0.3) is 0 Å². The molecule has 12 fully saturated rings. The Morgan fingerprint density at radius 1 is 0.297 bits per heavy atom. The van der Waals surface area contributed by atoms with E-state index in [0.29, 0.717) is 121 Å². The van der Waals surface area contributed by atoms with Crippen LogP contribution in [0.4, 0.5) is 0 Å². The number of esters is 3. The standard InChI is InChI=1S/C39H44O7.C38H40O6.C14H20O6.C14H20O4/c1-38(2,29-9-17-34(18-10-29)43-23-36-25-45-36)27-5-13-32(14-6-27)41-21-31(40)22-42-33-15-7-28(8-16-33)39(3,4)30-11-19-35(20-12-30)44-24-37-26-46-37;1-37(2,27-8-14-31(15-9-27)39-20-34-23-42-34)26-4-6-28(7-5-26)38(3,29-10-16-32(17-11-29)40-21-35-24-43-35)30-12-18-33(19-13-30)41-22-36-25-44-36;15-13(19-7-9-5-17-9)11-3-1-2-4-12(11)14(16)20-8-10-6-18-10;15-14(9-2-4-11-13(6-9)18-11)16-7-8-1-3-10-12(5-8)17-10/h5-20,31,36-37,40H,21-26H2,1-4H3;4-19,34-36H,20-25H2,1-3H3;9-12H,1-8H2;8-13H,1-7H2. The van der Waals surface area contributed by atoms with Crippen LogP contribution in [0.1, 0.15) is 163 Å². The van der Waals surface area contributed by atoms with Gasteiger partial charge in [0, 0.05) is 21.7 Å². The molecule has 0 bridgehead atoms. The summed E-state index contributed by atoms with van der Waals surface area (Å²) in [6.07, 6.45) is 11.9. The monoisotopic (exact) mass is 1750 g/mol. The van der Waals surface area contributed by atoms with E-state index < -0.39 is 11.5 Å². The molecule has 3 aliphatic carbocycles. The summed E-state index contributed by atoms with van der Waals surface area (Å²) in [7, 11) is 0. The highest BCUT2D eigenvalue weighted by atomic mass is 16.6. The maximum atomic E-state index is 12.1. The highest BCUT2D eigenvalue weighted by molar-refractivity contribution is 5.82. The van der Waals surface area contributed by atoms with Gasteiger partial charge >= 0.3 is 17.9 Å². The number of epoxide rings is 9. The van der Waals surface area contributed by atoms with Crippen molar-refractivity contribution >= 4 is 17.9 Å². The fourth-order valence-electron chi connectivity index (χ4n) is 17.2. The van der Waals surface area contributed by atoms with Gasteiger partial charge in [0.15, 0.2) is 0 Å². The number of rotatable bonds is 39. The number of aliphatic hydroxyl groups excluding tert-OH is 1. The quantitative estimate of drug-likeness (QED) is 0.0162. The van der Waals surface area contributed by atoms with E-state index in [1.165, 1.54) is 50.1 Å². The lowest BCUT2D eigenvalue weighted by molar-refractivity contribution is -0.163. The Kier molecular flexibility index (Phi) is 28.8. The summed E-state index contributed by atoms with van der Waals surface area (Å²) in [5.41, 5.74) is 9.83. The Morgan fingerprint density at radius 3 is 0.836 bits per heavy atom. The molecule has 9 aliphatic heterocycles. The van der Waals surface area contributed by atoms with E-state index in [-0.39, 0.29) is 108 Å². The molecule has 682 valence electrons. The average molecular weight is 1750 g/mol. The molecule has 0 aromatic heterocycles. The van der Waals surface area contributed by atoms with Gasteiger partial charge in [0.1, 0.15) is 149 Å². The van der Waals surface area contributed by atoms with E-state index >= 15 is 0 Å². The second-order valence-corrected chi connectivity index (χ2v) is 37.8. The minimum Gasteiger partial charge on any atom is -0.491 e. The summed E-state index contributed by atoms with van der Waals surface area (Å²) in [5, 5.41) is 10.5. The van der Waals surface area contributed by atoms with Crippen LogP contribution < -0.4 is 33.2 Å². The first-order chi connectivity index (χ1) is 62.1. The van der Waals surface area contributed by atoms with Gasteiger partial charge < -0.3 is 95.1 Å². The number of carbonyl (C=O) groups excluding carboxylic acids is 3. The molecule has 0 spiro atoms. The first-order valence-corrected chi connectivity index (χ1v) is 46.1. The number of ether oxygens (including phenoxy) is 19. The third-order valence-electron chi connectivity index (χ3n) is 26.9. The molecule has 1 N–H and O–H groups in total. The molecule has 3 saturated carbocycles. The molecule has 15 unspecified atom stereocenters. The summed E-state index contributed by atoms with van der Waals surface area (Å²) >= 11 is 0. The molecule has 8 aromatic rings. The molecule has 9 saturated heterocycles. The summed E-state index contributed by atoms with van der Waals surface area (Å²) in [4.78, 5) is 36.2. The van der Waals surface area contributed by atoms with Crippen molar-refractivity contribution < 1.29 is 109 Å². The first-order valence-electron chi connectivity index (χ1n) is 46.1. The molecule has 0 radical (unpaired) electrons. The fourth-order valence-corrected chi connectivity index (χ4v) is 17.2. The van der Waals surface area contributed by atoms with E-state index in [4.69, 9.17) is 90.0 Å². The van der Waals surface area contributed by atoms with E-state index in [9.17, 15) is 19.5 Å². The van der Waals surface area contributed by atoms with Crippen LogP contribution in [0, 0.1) is 23.7 Å². The molecule has 8 aromatic carbocycles. The zero-order valence-electron chi connectivity index (χ0n) is 74.7. The van der Waals surface area contributed by atoms with Crippen molar-refractivity contribution in [2.75, 3.05) is 112 Å². The molecule has 23 nitrogen and oxygen atoms in total. The number of hydrogen-bond donors (Lipinski definition) is 1. The van der Waals surface area contributed by atoms with Crippen molar-refractivity contribution in [2.45, 2.75) is 208 Å². The van der Waals surface area contributed by atoms with Gasteiger partial charge in [-0.2, -0.15) is 0 Å². The highest BCUT2D eigenvalue weighted by Crippen LogP contribution is 2.46. The Balaban J connectivity index is 0.000000129.